The van der Waals surface area contributed by atoms with Gasteiger partial charge in [-0.3, -0.25) is 9.69 Å². The zero-order valence-electron chi connectivity index (χ0n) is 11.5. The van der Waals surface area contributed by atoms with Crippen molar-refractivity contribution in [2.75, 3.05) is 13.1 Å². The highest BCUT2D eigenvalue weighted by molar-refractivity contribution is 5.73. The van der Waals surface area contributed by atoms with Crippen LogP contribution in [0.4, 0.5) is 0 Å². The molecule has 0 amide bonds. The third-order valence-corrected chi connectivity index (χ3v) is 3.70. The van der Waals surface area contributed by atoms with Crippen molar-refractivity contribution in [3.05, 3.63) is 0 Å². The molecule has 1 saturated heterocycles. The molecule has 0 saturated carbocycles. The van der Waals surface area contributed by atoms with Crippen LogP contribution in [-0.2, 0) is 4.79 Å². The van der Waals surface area contributed by atoms with Crippen molar-refractivity contribution in [1.29, 1.82) is 5.26 Å². The minimum absolute atomic E-state index is 0.256. The largest absolute Gasteiger partial charge is 0.480 e. The topological polar surface area (TPSA) is 64.3 Å². The number of unbranched alkanes of at least 4 members (excludes halogenated alkanes) is 1. The molecule has 4 heteroatoms. The third-order valence-electron chi connectivity index (χ3n) is 3.70. The predicted molar refractivity (Wildman–Crippen MR) is 70.1 cm³/mol. The molecule has 1 heterocycles. The van der Waals surface area contributed by atoms with Crippen LogP contribution in [0.3, 0.4) is 0 Å². The molecule has 0 radical (unpaired) electrons. The Morgan fingerprint density at radius 3 is 2.78 bits per heavy atom. The van der Waals surface area contributed by atoms with Gasteiger partial charge in [0.25, 0.3) is 0 Å². The number of aliphatic carboxylic acids is 1. The van der Waals surface area contributed by atoms with Gasteiger partial charge in [0.15, 0.2) is 0 Å². The summed E-state index contributed by atoms with van der Waals surface area (Å²) in [4.78, 5) is 13.2. The number of hydrogen-bond acceptors (Lipinski definition) is 3. The lowest BCUT2D eigenvalue weighted by Gasteiger charge is -2.32. The number of carboxylic acid groups (broad SMARTS) is 1. The fourth-order valence-electron chi connectivity index (χ4n) is 2.48. The van der Waals surface area contributed by atoms with E-state index in [0.29, 0.717) is 0 Å². The van der Waals surface area contributed by atoms with Crippen LogP contribution in [0.1, 0.15) is 52.4 Å². The maximum absolute atomic E-state index is 11.1. The van der Waals surface area contributed by atoms with Gasteiger partial charge in [-0.2, -0.15) is 5.26 Å². The van der Waals surface area contributed by atoms with Crippen LogP contribution < -0.4 is 0 Å². The van der Waals surface area contributed by atoms with Gasteiger partial charge in [-0.15, -0.1) is 0 Å². The lowest BCUT2D eigenvalue weighted by atomic mass is 9.89. The Morgan fingerprint density at radius 2 is 2.17 bits per heavy atom. The molecule has 102 valence electrons. The number of nitriles is 1. The number of carboxylic acids is 1. The van der Waals surface area contributed by atoms with E-state index in [-0.39, 0.29) is 11.5 Å². The van der Waals surface area contributed by atoms with Crippen molar-refractivity contribution in [1.82, 2.24) is 4.90 Å². The standard InChI is InChI=1S/C14H24N2O2/c1-14(2,11-15)8-4-6-10-16-9-5-3-7-12(16)13(17)18/h12H,3-10H2,1-2H3,(H,17,18). The molecule has 1 fully saturated rings. The highest BCUT2D eigenvalue weighted by Gasteiger charge is 2.27. The number of piperidine rings is 1. The lowest BCUT2D eigenvalue weighted by molar-refractivity contribution is -0.144. The second-order valence-electron chi connectivity index (χ2n) is 5.84. The molecule has 0 aromatic carbocycles. The van der Waals surface area contributed by atoms with Gasteiger partial charge in [0.2, 0.25) is 0 Å². The predicted octanol–water partition coefficient (Wildman–Crippen LogP) is 2.65. The van der Waals surface area contributed by atoms with E-state index in [0.717, 1.165) is 51.6 Å². The minimum atomic E-state index is -0.688. The second kappa shape index (κ2) is 6.75. The van der Waals surface area contributed by atoms with Crippen LogP contribution in [0.2, 0.25) is 0 Å². The third kappa shape index (κ3) is 4.66. The summed E-state index contributed by atoms with van der Waals surface area (Å²) in [6.07, 6.45) is 5.76. The summed E-state index contributed by atoms with van der Waals surface area (Å²) >= 11 is 0. The van der Waals surface area contributed by atoms with Crippen LogP contribution in [0, 0.1) is 16.7 Å². The molecular formula is C14H24N2O2. The normalized spacial score (nSPS) is 21.5. The quantitative estimate of drug-likeness (QED) is 0.738. The van der Waals surface area contributed by atoms with Crippen molar-refractivity contribution in [3.8, 4) is 6.07 Å². The SMILES string of the molecule is CC(C)(C#N)CCCCN1CCCCC1C(=O)O. The Bertz CT molecular complexity index is 320. The summed E-state index contributed by atoms with van der Waals surface area (Å²) < 4.78 is 0. The Labute approximate surface area is 110 Å². The molecule has 0 aromatic heterocycles. The molecule has 1 aliphatic rings. The Morgan fingerprint density at radius 1 is 1.44 bits per heavy atom. The van der Waals surface area contributed by atoms with E-state index in [9.17, 15) is 4.79 Å². The van der Waals surface area contributed by atoms with Gasteiger partial charge in [0.05, 0.1) is 11.5 Å². The van der Waals surface area contributed by atoms with Crippen molar-refractivity contribution in [2.45, 2.75) is 58.4 Å². The molecule has 1 atom stereocenters. The van der Waals surface area contributed by atoms with E-state index in [1.807, 2.05) is 13.8 Å². The van der Waals surface area contributed by atoms with Gasteiger partial charge in [-0.05, 0) is 52.6 Å². The highest BCUT2D eigenvalue weighted by Crippen LogP contribution is 2.23. The molecule has 1 unspecified atom stereocenters. The van der Waals surface area contributed by atoms with Crippen molar-refractivity contribution < 1.29 is 9.90 Å². The van der Waals surface area contributed by atoms with E-state index in [2.05, 4.69) is 11.0 Å². The number of carbonyl (C=O) groups is 1. The first-order chi connectivity index (χ1) is 8.46. The van der Waals surface area contributed by atoms with E-state index >= 15 is 0 Å². The smallest absolute Gasteiger partial charge is 0.320 e. The first-order valence-corrected chi connectivity index (χ1v) is 6.84. The average molecular weight is 252 g/mol. The maximum atomic E-state index is 11.1. The number of rotatable bonds is 6. The Kier molecular flexibility index (Phi) is 5.61. The van der Waals surface area contributed by atoms with Crippen molar-refractivity contribution in [2.24, 2.45) is 5.41 Å². The van der Waals surface area contributed by atoms with Crippen molar-refractivity contribution >= 4 is 5.97 Å². The number of hydrogen-bond donors (Lipinski definition) is 1. The van der Waals surface area contributed by atoms with Crippen LogP contribution in [0.5, 0.6) is 0 Å². The molecule has 1 aliphatic heterocycles. The van der Waals surface area contributed by atoms with Crippen LogP contribution in [-0.4, -0.2) is 35.1 Å². The molecule has 0 aliphatic carbocycles. The summed E-state index contributed by atoms with van der Waals surface area (Å²) in [6, 6.07) is 2.01. The van der Waals surface area contributed by atoms with Gasteiger partial charge in [-0.1, -0.05) is 12.8 Å². The van der Waals surface area contributed by atoms with Crippen LogP contribution >= 0.6 is 0 Å². The van der Waals surface area contributed by atoms with E-state index in [4.69, 9.17) is 10.4 Å². The van der Waals surface area contributed by atoms with E-state index in [1.54, 1.807) is 0 Å². The molecule has 0 aromatic rings. The number of likely N-dealkylation sites (tertiary alicyclic amines) is 1. The minimum Gasteiger partial charge on any atom is -0.480 e. The average Bonchev–Trinajstić information content (AvgIpc) is 2.35. The molecule has 1 rings (SSSR count). The molecule has 4 nitrogen and oxygen atoms in total. The Hall–Kier alpha value is -1.08. The summed E-state index contributed by atoms with van der Waals surface area (Å²) in [7, 11) is 0. The summed E-state index contributed by atoms with van der Waals surface area (Å²) in [5, 5.41) is 18.1. The summed E-state index contributed by atoms with van der Waals surface area (Å²) in [5.74, 6) is -0.688. The lowest BCUT2D eigenvalue weighted by Crippen LogP contribution is -2.45. The zero-order valence-corrected chi connectivity index (χ0v) is 11.5. The second-order valence-corrected chi connectivity index (χ2v) is 5.84. The maximum Gasteiger partial charge on any atom is 0.320 e. The first kappa shape index (κ1) is 15.0. The molecule has 18 heavy (non-hydrogen) atoms. The van der Waals surface area contributed by atoms with Crippen molar-refractivity contribution in [3.63, 3.8) is 0 Å². The van der Waals surface area contributed by atoms with Gasteiger partial charge in [0.1, 0.15) is 6.04 Å². The molecular weight excluding hydrogens is 228 g/mol. The molecule has 0 bridgehead atoms. The number of nitrogens with zero attached hydrogens (tertiary/aromatic N) is 2. The van der Waals surface area contributed by atoms with Gasteiger partial charge in [0, 0.05) is 0 Å². The van der Waals surface area contributed by atoms with Gasteiger partial charge < -0.3 is 5.11 Å². The zero-order chi connectivity index (χ0) is 13.6. The van der Waals surface area contributed by atoms with E-state index in [1.165, 1.54) is 0 Å². The Balaban J connectivity index is 2.29. The fourth-order valence-corrected chi connectivity index (χ4v) is 2.48. The fraction of sp³-hybridized carbons (Fsp3) is 0.857. The van der Waals surface area contributed by atoms with Crippen LogP contribution in [0.25, 0.3) is 0 Å². The summed E-state index contributed by atoms with van der Waals surface area (Å²) in [6.45, 7) is 5.65. The first-order valence-electron chi connectivity index (χ1n) is 6.84. The molecule has 0 spiro atoms. The van der Waals surface area contributed by atoms with Gasteiger partial charge in [-0.25, -0.2) is 0 Å². The van der Waals surface area contributed by atoms with Crippen LogP contribution in [0.15, 0.2) is 0 Å². The molecule has 1 N–H and O–H groups in total. The monoisotopic (exact) mass is 252 g/mol. The van der Waals surface area contributed by atoms with Gasteiger partial charge >= 0.3 is 5.97 Å². The summed E-state index contributed by atoms with van der Waals surface area (Å²) in [5.41, 5.74) is -0.256. The highest BCUT2D eigenvalue weighted by atomic mass is 16.4. The van der Waals surface area contributed by atoms with E-state index < -0.39 is 5.97 Å².